The fourth-order valence-electron chi connectivity index (χ4n) is 3.04. The third-order valence-corrected chi connectivity index (χ3v) is 5.64. The van der Waals surface area contributed by atoms with Crippen LogP contribution in [-0.2, 0) is 4.79 Å². The maximum absolute atomic E-state index is 12.6. The van der Waals surface area contributed by atoms with Crippen LogP contribution in [0.4, 0.5) is 10.9 Å². The zero-order valence-corrected chi connectivity index (χ0v) is 15.1. The van der Waals surface area contributed by atoms with Crippen molar-refractivity contribution in [3.8, 4) is 0 Å². The number of piperidine rings is 1. The van der Waals surface area contributed by atoms with Crippen LogP contribution in [0.25, 0.3) is 10.2 Å². The zero-order chi connectivity index (χ0) is 17.2. The molecule has 3 aromatic rings. The Labute approximate surface area is 154 Å². The molecule has 0 spiro atoms. The number of hydrogen-bond donors (Lipinski definition) is 1. The van der Waals surface area contributed by atoms with E-state index in [0.717, 1.165) is 30.0 Å². The minimum atomic E-state index is -0.0711. The number of amides is 1. The van der Waals surface area contributed by atoms with E-state index in [4.69, 9.17) is 16.6 Å². The Kier molecular flexibility index (Phi) is 4.55. The van der Waals surface area contributed by atoms with Gasteiger partial charge in [0.2, 0.25) is 5.91 Å². The summed E-state index contributed by atoms with van der Waals surface area (Å²) in [6.07, 6.45) is 3.38. The Morgan fingerprint density at radius 1 is 1.28 bits per heavy atom. The summed E-state index contributed by atoms with van der Waals surface area (Å²) >= 11 is 7.51. The molecule has 1 N–H and O–H groups in total. The van der Waals surface area contributed by atoms with E-state index in [9.17, 15) is 4.79 Å². The number of halogens is 1. The molecule has 0 radical (unpaired) electrons. The molecule has 1 saturated heterocycles. The number of carbonyl (C=O) groups is 1. The zero-order valence-electron chi connectivity index (χ0n) is 13.5. The van der Waals surface area contributed by atoms with Gasteiger partial charge in [-0.25, -0.2) is 9.97 Å². The Balaban J connectivity index is 1.46. The molecule has 1 aromatic carbocycles. The maximum Gasteiger partial charge on any atom is 0.230 e. The van der Waals surface area contributed by atoms with E-state index in [1.807, 2.05) is 18.2 Å². The lowest BCUT2D eigenvalue weighted by Gasteiger charge is -2.31. The molecule has 7 heteroatoms. The predicted octanol–water partition coefficient (Wildman–Crippen LogP) is 4.20. The van der Waals surface area contributed by atoms with Gasteiger partial charge < -0.3 is 10.2 Å². The van der Waals surface area contributed by atoms with Crippen molar-refractivity contribution in [1.82, 2.24) is 9.97 Å². The lowest BCUT2D eigenvalue weighted by Crippen LogP contribution is -2.40. The van der Waals surface area contributed by atoms with Crippen molar-refractivity contribution >= 4 is 50.0 Å². The molecule has 25 heavy (non-hydrogen) atoms. The van der Waals surface area contributed by atoms with E-state index in [-0.39, 0.29) is 11.8 Å². The topological polar surface area (TPSA) is 58.1 Å². The van der Waals surface area contributed by atoms with E-state index in [2.05, 4.69) is 21.3 Å². The summed E-state index contributed by atoms with van der Waals surface area (Å²) in [5.41, 5.74) is 1.01. The van der Waals surface area contributed by atoms with Gasteiger partial charge in [0, 0.05) is 19.3 Å². The minimum Gasteiger partial charge on any atom is -0.347 e. The Bertz CT molecular complexity index is 862. The number of anilines is 2. The molecule has 0 unspecified atom stereocenters. The van der Waals surface area contributed by atoms with Crippen LogP contribution in [0, 0.1) is 5.92 Å². The molecular formula is C18H17ClN4OS. The molecule has 4 rings (SSSR count). The van der Waals surface area contributed by atoms with Gasteiger partial charge in [0.05, 0.1) is 21.2 Å². The number of pyridine rings is 1. The van der Waals surface area contributed by atoms with Gasteiger partial charge in [-0.05, 0) is 37.1 Å². The number of carbonyl (C=O) groups excluding carboxylic acids is 1. The fraction of sp³-hybridized carbons (Fsp3) is 0.278. The predicted molar refractivity (Wildman–Crippen MR) is 102 cm³/mol. The summed E-state index contributed by atoms with van der Waals surface area (Å²) in [6.45, 7) is 1.61. The number of rotatable bonds is 3. The highest BCUT2D eigenvalue weighted by molar-refractivity contribution is 7.22. The number of fused-ring (bicyclic) bond motifs is 1. The van der Waals surface area contributed by atoms with Crippen molar-refractivity contribution in [3.05, 3.63) is 47.6 Å². The third-order valence-electron chi connectivity index (χ3n) is 4.32. The van der Waals surface area contributed by atoms with Crippen LogP contribution in [0.5, 0.6) is 0 Å². The smallest absolute Gasteiger partial charge is 0.230 e. The molecule has 0 saturated carbocycles. The first-order valence-corrected chi connectivity index (χ1v) is 9.41. The Morgan fingerprint density at radius 3 is 2.96 bits per heavy atom. The van der Waals surface area contributed by atoms with E-state index in [1.165, 1.54) is 10.9 Å². The highest BCUT2D eigenvalue weighted by Crippen LogP contribution is 2.31. The van der Waals surface area contributed by atoms with Crippen LogP contribution < -0.4 is 10.2 Å². The van der Waals surface area contributed by atoms with Crippen LogP contribution >= 0.6 is 22.9 Å². The van der Waals surface area contributed by atoms with E-state index < -0.39 is 0 Å². The van der Waals surface area contributed by atoms with Gasteiger partial charge >= 0.3 is 0 Å². The summed E-state index contributed by atoms with van der Waals surface area (Å²) in [6, 6.07) is 11.6. The van der Waals surface area contributed by atoms with Crippen molar-refractivity contribution in [1.29, 1.82) is 0 Å². The molecule has 1 atom stereocenters. The van der Waals surface area contributed by atoms with Crippen molar-refractivity contribution in [2.75, 3.05) is 23.3 Å². The molecule has 128 valence electrons. The summed E-state index contributed by atoms with van der Waals surface area (Å²) in [5.74, 6) is 0.463. The summed E-state index contributed by atoms with van der Waals surface area (Å²) in [4.78, 5) is 23.6. The molecular weight excluding hydrogens is 356 g/mol. The molecule has 0 bridgehead atoms. The normalized spacial score (nSPS) is 17.6. The first kappa shape index (κ1) is 16.3. The lowest BCUT2D eigenvalue weighted by molar-refractivity contribution is -0.120. The molecule has 1 aliphatic heterocycles. The van der Waals surface area contributed by atoms with Crippen LogP contribution in [-0.4, -0.2) is 29.0 Å². The second kappa shape index (κ2) is 6.98. The van der Waals surface area contributed by atoms with E-state index in [0.29, 0.717) is 17.4 Å². The van der Waals surface area contributed by atoms with Gasteiger partial charge in [0.1, 0.15) is 5.82 Å². The SMILES string of the molecule is O=C(Nc1ccc(Cl)cn1)[C@@H]1CCCN(c2nc3ccccc3s2)C1. The number of hydrogen-bond acceptors (Lipinski definition) is 5. The van der Waals surface area contributed by atoms with Crippen molar-refractivity contribution in [2.45, 2.75) is 12.8 Å². The van der Waals surface area contributed by atoms with Crippen LogP contribution in [0.15, 0.2) is 42.6 Å². The quantitative estimate of drug-likeness (QED) is 0.748. The van der Waals surface area contributed by atoms with Crippen molar-refractivity contribution < 1.29 is 4.79 Å². The molecule has 1 amide bonds. The highest BCUT2D eigenvalue weighted by atomic mass is 35.5. The summed E-state index contributed by atoms with van der Waals surface area (Å²) in [5, 5.41) is 4.43. The van der Waals surface area contributed by atoms with Gasteiger partial charge in [-0.2, -0.15) is 0 Å². The van der Waals surface area contributed by atoms with Gasteiger partial charge in [-0.3, -0.25) is 4.79 Å². The fourth-order valence-corrected chi connectivity index (χ4v) is 4.15. The number of nitrogens with one attached hydrogen (secondary N) is 1. The Morgan fingerprint density at radius 2 is 2.16 bits per heavy atom. The largest absolute Gasteiger partial charge is 0.347 e. The van der Waals surface area contributed by atoms with Crippen LogP contribution in [0.3, 0.4) is 0 Å². The average molecular weight is 373 g/mol. The lowest BCUT2D eigenvalue weighted by atomic mass is 9.97. The van der Waals surface area contributed by atoms with Gasteiger partial charge in [0.15, 0.2) is 5.13 Å². The minimum absolute atomic E-state index is 0.000587. The van der Waals surface area contributed by atoms with Crippen molar-refractivity contribution in [3.63, 3.8) is 0 Å². The third kappa shape index (κ3) is 3.60. The molecule has 0 aliphatic carbocycles. The monoisotopic (exact) mass is 372 g/mol. The summed E-state index contributed by atoms with van der Waals surface area (Å²) in [7, 11) is 0. The van der Waals surface area contributed by atoms with Crippen molar-refractivity contribution in [2.24, 2.45) is 5.92 Å². The summed E-state index contributed by atoms with van der Waals surface area (Å²) < 4.78 is 1.18. The molecule has 5 nitrogen and oxygen atoms in total. The van der Waals surface area contributed by atoms with Gasteiger partial charge in [-0.1, -0.05) is 35.1 Å². The number of aromatic nitrogens is 2. The number of para-hydroxylation sites is 1. The van der Waals surface area contributed by atoms with Crippen LogP contribution in [0.2, 0.25) is 5.02 Å². The number of benzene rings is 1. The molecule has 1 fully saturated rings. The molecule has 3 heterocycles. The maximum atomic E-state index is 12.6. The van der Waals surface area contributed by atoms with E-state index in [1.54, 1.807) is 23.5 Å². The second-order valence-corrected chi connectivity index (χ2v) is 7.55. The van der Waals surface area contributed by atoms with Gasteiger partial charge in [-0.15, -0.1) is 0 Å². The molecule has 2 aromatic heterocycles. The standard InChI is InChI=1S/C18H17ClN4OS/c19-13-7-8-16(20-10-13)22-17(24)12-4-3-9-23(11-12)18-21-14-5-1-2-6-15(14)25-18/h1-2,5-8,10,12H,3-4,9,11H2,(H,20,22,24)/t12-/m1/s1. The van der Waals surface area contributed by atoms with Gasteiger partial charge in [0.25, 0.3) is 0 Å². The van der Waals surface area contributed by atoms with Crippen LogP contribution in [0.1, 0.15) is 12.8 Å². The number of thiazole rings is 1. The van der Waals surface area contributed by atoms with E-state index >= 15 is 0 Å². The second-order valence-electron chi connectivity index (χ2n) is 6.10. The first-order valence-electron chi connectivity index (χ1n) is 8.22. The average Bonchev–Trinajstić information content (AvgIpc) is 3.08. The Hall–Kier alpha value is -2.18. The highest BCUT2D eigenvalue weighted by Gasteiger charge is 2.27. The number of nitrogens with zero attached hydrogens (tertiary/aromatic N) is 3. The molecule has 1 aliphatic rings. The first-order chi connectivity index (χ1) is 12.2.